The molecule has 3 aromatic rings. The second kappa shape index (κ2) is 6.57. The van der Waals surface area contributed by atoms with E-state index >= 15 is 0 Å². The number of hydrogen-bond donors (Lipinski definition) is 0. The molecule has 0 amide bonds. The average Bonchev–Trinajstić information content (AvgIpc) is 2.93. The maximum atomic E-state index is 14.6. The predicted molar refractivity (Wildman–Crippen MR) is 88.0 cm³/mol. The Morgan fingerprint density at radius 3 is 2.35 bits per heavy atom. The van der Waals surface area contributed by atoms with Gasteiger partial charge >= 0.3 is 0 Å². The van der Waals surface area contributed by atoms with Crippen LogP contribution in [0.25, 0.3) is 21.9 Å². The standard InChI is InChI=1S/C19H20F2O2/c1-3-4-5-6-11-22-15-10-9-14-13-8-7-12(2)16(20)18(13)23-19(14)17(15)21/h7-10H,3-6,11H2,1-2H3. The van der Waals surface area contributed by atoms with E-state index in [1.165, 1.54) is 0 Å². The van der Waals surface area contributed by atoms with Gasteiger partial charge in [0.15, 0.2) is 22.7 Å². The topological polar surface area (TPSA) is 22.4 Å². The lowest BCUT2D eigenvalue weighted by Crippen LogP contribution is -1.99. The molecule has 3 rings (SSSR count). The van der Waals surface area contributed by atoms with Crippen molar-refractivity contribution in [2.24, 2.45) is 0 Å². The number of aryl methyl sites for hydroxylation is 1. The summed E-state index contributed by atoms with van der Waals surface area (Å²) in [6.07, 6.45) is 4.24. The summed E-state index contributed by atoms with van der Waals surface area (Å²) in [5.41, 5.74) is 0.624. The average molecular weight is 318 g/mol. The highest BCUT2D eigenvalue weighted by molar-refractivity contribution is 6.05. The van der Waals surface area contributed by atoms with Gasteiger partial charge < -0.3 is 9.15 Å². The van der Waals surface area contributed by atoms with Gasteiger partial charge in [0.05, 0.1) is 6.61 Å². The smallest absolute Gasteiger partial charge is 0.208 e. The zero-order valence-corrected chi connectivity index (χ0v) is 13.4. The second-order valence-electron chi connectivity index (χ2n) is 5.84. The fourth-order valence-corrected chi connectivity index (χ4v) is 2.74. The minimum atomic E-state index is -0.564. The van der Waals surface area contributed by atoms with Gasteiger partial charge in [-0.1, -0.05) is 38.3 Å². The Bertz CT molecular complexity index is 836. The molecule has 2 aromatic carbocycles. The van der Waals surface area contributed by atoms with E-state index in [-0.39, 0.29) is 16.9 Å². The van der Waals surface area contributed by atoms with E-state index in [9.17, 15) is 8.78 Å². The highest BCUT2D eigenvalue weighted by Crippen LogP contribution is 2.36. The zero-order chi connectivity index (χ0) is 16.4. The van der Waals surface area contributed by atoms with Crippen LogP contribution in [0.2, 0.25) is 0 Å². The van der Waals surface area contributed by atoms with E-state index in [1.54, 1.807) is 31.2 Å². The van der Waals surface area contributed by atoms with Crippen molar-refractivity contribution in [3.05, 3.63) is 41.5 Å². The molecule has 0 N–H and O–H groups in total. The van der Waals surface area contributed by atoms with Crippen LogP contribution < -0.4 is 4.74 Å². The van der Waals surface area contributed by atoms with Crippen LogP contribution in [0.4, 0.5) is 8.78 Å². The van der Waals surface area contributed by atoms with Gasteiger partial charge in [-0.3, -0.25) is 0 Å². The number of unbranched alkanes of at least 4 members (excludes halogenated alkanes) is 3. The van der Waals surface area contributed by atoms with Crippen molar-refractivity contribution in [3.63, 3.8) is 0 Å². The van der Waals surface area contributed by atoms with Gasteiger partial charge in [-0.2, -0.15) is 4.39 Å². The molecule has 0 aliphatic heterocycles. The molecule has 0 spiro atoms. The van der Waals surface area contributed by atoms with E-state index in [4.69, 9.17) is 9.15 Å². The van der Waals surface area contributed by atoms with Crippen molar-refractivity contribution in [1.29, 1.82) is 0 Å². The maximum absolute atomic E-state index is 14.6. The molecular formula is C19H20F2O2. The highest BCUT2D eigenvalue weighted by atomic mass is 19.1. The van der Waals surface area contributed by atoms with Crippen molar-refractivity contribution < 1.29 is 17.9 Å². The lowest BCUT2D eigenvalue weighted by atomic mass is 10.1. The second-order valence-corrected chi connectivity index (χ2v) is 5.84. The van der Waals surface area contributed by atoms with Crippen molar-refractivity contribution in [2.45, 2.75) is 39.5 Å². The molecule has 1 aromatic heterocycles. The largest absolute Gasteiger partial charge is 0.490 e. The summed E-state index contributed by atoms with van der Waals surface area (Å²) in [5.74, 6) is -0.850. The Balaban J connectivity index is 1.93. The monoisotopic (exact) mass is 318 g/mol. The minimum Gasteiger partial charge on any atom is -0.490 e. The molecule has 0 bridgehead atoms. The molecule has 0 unspecified atom stereocenters. The van der Waals surface area contributed by atoms with Gasteiger partial charge in [0.25, 0.3) is 0 Å². The van der Waals surface area contributed by atoms with Gasteiger partial charge in [-0.25, -0.2) is 4.39 Å². The minimum absolute atomic E-state index is 0.0514. The summed E-state index contributed by atoms with van der Waals surface area (Å²) < 4.78 is 39.7. The predicted octanol–water partition coefficient (Wildman–Crippen LogP) is 6.13. The number of furan rings is 1. The van der Waals surface area contributed by atoms with E-state index < -0.39 is 11.6 Å². The maximum Gasteiger partial charge on any atom is 0.208 e. The Kier molecular flexibility index (Phi) is 4.51. The Labute approximate surface area is 134 Å². The molecule has 122 valence electrons. The summed E-state index contributed by atoms with van der Waals surface area (Å²) in [4.78, 5) is 0. The Morgan fingerprint density at radius 1 is 0.913 bits per heavy atom. The van der Waals surface area contributed by atoms with Gasteiger partial charge in [-0.15, -0.1) is 0 Å². The van der Waals surface area contributed by atoms with Gasteiger partial charge in [0.2, 0.25) is 5.82 Å². The van der Waals surface area contributed by atoms with E-state index in [0.717, 1.165) is 25.7 Å². The van der Waals surface area contributed by atoms with Crippen molar-refractivity contribution in [3.8, 4) is 5.75 Å². The van der Waals surface area contributed by atoms with Crippen LogP contribution in [0.5, 0.6) is 5.75 Å². The fraction of sp³-hybridized carbons (Fsp3) is 0.368. The SMILES string of the molecule is CCCCCCOc1ccc2c(oc3c(F)c(C)ccc32)c1F. The lowest BCUT2D eigenvalue weighted by molar-refractivity contribution is 0.290. The third-order valence-corrected chi connectivity index (χ3v) is 4.10. The quantitative estimate of drug-likeness (QED) is 0.510. The van der Waals surface area contributed by atoms with Gasteiger partial charge in [0.1, 0.15) is 0 Å². The summed E-state index contributed by atoms with van der Waals surface area (Å²) in [5, 5.41) is 1.14. The summed E-state index contributed by atoms with van der Waals surface area (Å²) >= 11 is 0. The first kappa shape index (κ1) is 15.8. The van der Waals surface area contributed by atoms with Crippen LogP contribution in [-0.4, -0.2) is 6.61 Å². The van der Waals surface area contributed by atoms with Crippen LogP contribution >= 0.6 is 0 Å². The normalized spacial score (nSPS) is 11.5. The molecule has 0 atom stereocenters. The van der Waals surface area contributed by atoms with Crippen LogP contribution in [0.15, 0.2) is 28.7 Å². The van der Waals surface area contributed by atoms with Gasteiger partial charge in [-0.05, 0) is 31.0 Å². The van der Waals surface area contributed by atoms with Crippen molar-refractivity contribution >= 4 is 21.9 Å². The van der Waals surface area contributed by atoms with Crippen LogP contribution in [0.1, 0.15) is 38.2 Å². The molecule has 23 heavy (non-hydrogen) atoms. The first-order valence-corrected chi connectivity index (χ1v) is 8.06. The molecule has 0 saturated carbocycles. The Hall–Kier alpha value is -2.10. The molecular weight excluding hydrogens is 298 g/mol. The van der Waals surface area contributed by atoms with Gasteiger partial charge in [0, 0.05) is 10.8 Å². The molecule has 2 nitrogen and oxygen atoms in total. The molecule has 0 aliphatic rings. The van der Waals surface area contributed by atoms with Crippen LogP contribution in [0, 0.1) is 18.6 Å². The van der Waals surface area contributed by atoms with E-state index in [1.807, 2.05) is 0 Å². The zero-order valence-electron chi connectivity index (χ0n) is 13.4. The number of fused-ring (bicyclic) bond motifs is 3. The number of rotatable bonds is 6. The number of halogens is 2. The third-order valence-electron chi connectivity index (χ3n) is 4.10. The molecule has 4 heteroatoms. The number of benzene rings is 2. The first-order valence-electron chi connectivity index (χ1n) is 8.06. The lowest BCUT2D eigenvalue weighted by Gasteiger charge is -2.07. The molecule has 0 saturated heterocycles. The molecule has 0 radical (unpaired) electrons. The number of hydrogen-bond acceptors (Lipinski definition) is 2. The molecule has 1 heterocycles. The van der Waals surface area contributed by atoms with Crippen LogP contribution in [0.3, 0.4) is 0 Å². The third kappa shape index (κ3) is 2.90. The van der Waals surface area contributed by atoms with Crippen molar-refractivity contribution in [2.75, 3.05) is 6.61 Å². The van der Waals surface area contributed by atoms with E-state index in [0.29, 0.717) is 22.9 Å². The molecule has 0 fully saturated rings. The van der Waals surface area contributed by atoms with Crippen molar-refractivity contribution in [1.82, 2.24) is 0 Å². The van der Waals surface area contributed by atoms with E-state index in [2.05, 4.69) is 6.92 Å². The summed E-state index contributed by atoms with van der Waals surface area (Å²) in [6, 6.07) is 6.73. The Morgan fingerprint density at radius 2 is 1.61 bits per heavy atom. The van der Waals surface area contributed by atoms with Crippen LogP contribution in [-0.2, 0) is 0 Å². The highest BCUT2D eigenvalue weighted by Gasteiger charge is 2.18. The first-order chi connectivity index (χ1) is 11.1. The molecule has 0 aliphatic carbocycles. The summed E-state index contributed by atoms with van der Waals surface area (Å²) in [7, 11) is 0. The number of ether oxygens (including phenoxy) is 1. The summed E-state index contributed by atoms with van der Waals surface area (Å²) in [6.45, 7) is 4.26. The fourth-order valence-electron chi connectivity index (χ4n) is 2.74.